The second-order valence-electron chi connectivity index (χ2n) is 6.51. The van der Waals surface area contributed by atoms with Crippen LogP contribution in [0.3, 0.4) is 0 Å². The average molecular weight is 379 g/mol. The lowest BCUT2D eigenvalue weighted by molar-refractivity contribution is 0.0746. The molecule has 1 saturated heterocycles. The number of pyridine rings is 1. The van der Waals surface area contributed by atoms with Gasteiger partial charge in [0.1, 0.15) is 11.6 Å². The van der Waals surface area contributed by atoms with Crippen molar-refractivity contribution < 1.29 is 13.9 Å². The van der Waals surface area contributed by atoms with Gasteiger partial charge in [-0.25, -0.2) is 4.98 Å². The molecule has 0 saturated carbocycles. The average Bonchev–Trinajstić information content (AvgIpc) is 3.19. The van der Waals surface area contributed by atoms with Gasteiger partial charge in [0.25, 0.3) is 11.8 Å². The first-order valence-corrected chi connectivity index (χ1v) is 9.09. The molecular weight excluding hydrogens is 358 g/mol. The van der Waals surface area contributed by atoms with Gasteiger partial charge in [0.05, 0.1) is 12.7 Å². The summed E-state index contributed by atoms with van der Waals surface area (Å²) in [6.07, 6.45) is 1.75. The number of amides is 1. The van der Waals surface area contributed by atoms with Crippen LogP contribution in [0.4, 0.5) is 5.82 Å². The minimum absolute atomic E-state index is 0.00678. The van der Waals surface area contributed by atoms with E-state index in [9.17, 15) is 4.79 Å². The number of carbonyl (C=O) groups excluding carboxylic acids is 1. The Hall–Kier alpha value is -3.42. The molecule has 0 atom stereocenters. The van der Waals surface area contributed by atoms with Crippen LogP contribution in [-0.4, -0.2) is 59.3 Å². The van der Waals surface area contributed by atoms with Crippen molar-refractivity contribution in [3.63, 3.8) is 0 Å². The Bertz CT molecular complexity index is 979. The van der Waals surface area contributed by atoms with Crippen LogP contribution in [0.2, 0.25) is 0 Å². The van der Waals surface area contributed by atoms with Gasteiger partial charge in [-0.15, -0.1) is 10.2 Å². The molecule has 1 aromatic carbocycles. The van der Waals surface area contributed by atoms with Crippen molar-refractivity contribution in [3.8, 4) is 17.2 Å². The van der Waals surface area contributed by atoms with Crippen LogP contribution < -0.4 is 9.64 Å². The van der Waals surface area contributed by atoms with Crippen LogP contribution in [0.1, 0.15) is 16.2 Å². The molecule has 1 fully saturated rings. The highest BCUT2D eigenvalue weighted by molar-refractivity contribution is 5.94. The van der Waals surface area contributed by atoms with E-state index in [-0.39, 0.29) is 5.91 Å². The second kappa shape index (κ2) is 7.67. The molecule has 0 N–H and O–H groups in total. The zero-order valence-corrected chi connectivity index (χ0v) is 15.8. The van der Waals surface area contributed by atoms with E-state index in [0.717, 1.165) is 11.4 Å². The molecule has 0 aliphatic carbocycles. The first kappa shape index (κ1) is 18.0. The van der Waals surface area contributed by atoms with Crippen molar-refractivity contribution in [1.29, 1.82) is 0 Å². The van der Waals surface area contributed by atoms with Gasteiger partial charge in [-0.05, 0) is 30.3 Å². The third-order valence-electron chi connectivity index (χ3n) is 4.73. The number of aryl methyl sites for hydroxylation is 1. The van der Waals surface area contributed by atoms with E-state index in [0.29, 0.717) is 49.3 Å². The molecule has 1 aliphatic rings. The lowest BCUT2D eigenvalue weighted by Crippen LogP contribution is -2.49. The zero-order valence-electron chi connectivity index (χ0n) is 15.8. The van der Waals surface area contributed by atoms with E-state index in [2.05, 4.69) is 20.1 Å². The number of benzene rings is 1. The van der Waals surface area contributed by atoms with Crippen molar-refractivity contribution >= 4 is 11.7 Å². The van der Waals surface area contributed by atoms with Crippen molar-refractivity contribution in [1.82, 2.24) is 20.1 Å². The van der Waals surface area contributed by atoms with Gasteiger partial charge >= 0.3 is 0 Å². The third-order valence-corrected chi connectivity index (χ3v) is 4.73. The molecule has 1 aliphatic heterocycles. The molecule has 0 spiro atoms. The largest absolute Gasteiger partial charge is 0.497 e. The topological polar surface area (TPSA) is 84.6 Å². The van der Waals surface area contributed by atoms with Crippen LogP contribution >= 0.6 is 0 Å². The quantitative estimate of drug-likeness (QED) is 0.688. The van der Waals surface area contributed by atoms with Gasteiger partial charge in [-0.3, -0.25) is 4.79 Å². The molecule has 28 heavy (non-hydrogen) atoms. The maximum atomic E-state index is 12.8. The Labute approximate surface area is 162 Å². The van der Waals surface area contributed by atoms with E-state index in [4.69, 9.17) is 9.15 Å². The summed E-state index contributed by atoms with van der Waals surface area (Å²) >= 11 is 0. The monoisotopic (exact) mass is 379 g/mol. The maximum Gasteiger partial charge on any atom is 0.254 e. The van der Waals surface area contributed by atoms with Gasteiger partial charge in [0.2, 0.25) is 5.89 Å². The number of piperazine rings is 1. The number of nitrogens with zero attached hydrogens (tertiary/aromatic N) is 5. The van der Waals surface area contributed by atoms with Gasteiger partial charge < -0.3 is 19.0 Å². The number of ether oxygens (including phenoxy) is 1. The van der Waals surface area contributed by atoms with Crippen LogP contribution in [0.15, 0.2) is 47.0 Å². The predicted molar refractivity (Wildman–Crippen MR) is 103 cm³/mol. The minimum Gasteiger partial charge on any atom is -0.497 e. The van der Waals surface area contributed by atoms with Crippen molar-refractivity contribution in [2.75, 3.05) is 38.2 Å². The van der Waals surface area contributed by atoms with Crippen LogP contribution in [0, 0.1) is 6.92 Å². The summed E-state index contributed by atoms with van der Waals surface area (Å²) in [5.41, 5.74) is 1.43. The number of hydrogen-bond acceptors (Lipinski definition) is 7. The predicted octanol–water partition coefficient (Wildman–Crippen LogP) is 2.41. The number of rotatable bonds is 4. The van der Waals surface area contributed by atoms with Crippen LogP contribution in [0.5, 0.6) is 5.75 Å². The second-order valence-corrected chi connectivity index (χ2v) is 6.51. The molecular formula is C20H21N5O3. The lowest BCUT2D eigenvalue weighted by atomic mass is 10.1. The Balaban J connectivity index is 1.48. The molecule has 0 radical (unpaired) electrons. The highest BCUT2D eigenvalue weighted by atomic mass is 16.5. The third kappa shape index (κ3) is 3.53. The molecule has 144 valence electrons. The fourth-order valence-corrected chi connectivity index (χ4v) is 3.28. The SMILES string of the molecule is COc1cccc(C(=O)N2CCN(c3ncccc3-c3nnc(C)o3)CC2)c1. The van der Waals surface area contributed by atoms with E-state index in [1.807, 2.05) is 35.2 Å². The van der Waals surface area contributed by atoms with E-state index < -0.39 is 0 Å². The van der Waals surface area contributed by atoms with E-state index in [1.54, 1.807) is 26.3 Å². The highest BCUT2D eigenvalue weighted by Gasteiger charge is 2.25. The Morgan fingerprint density at radius 2 is 1.93 bits per heavy atom. The minimum atomic E-state index is 0.00678. The number of methoxy groups -OCH3 is 1. The summed E-state index contributed by atoms with van der Waals surface area (Å²) < 4.78 is 10.8. The number of carbonyl (C=O) groups is 1. The summed E-state index contributed by atoms with van der Waals surface area (Å²) in [6.45, 7) is 4.32. The molecule has 0 bridgehead atoms. The molecule has 1 amide bonds. The van der Waals surface area contributed by atoms with Crippen LogP contribution in [0.25, 0.3) is 11.5 Å². The molecule has 3 heterocycles. The van der Waals surface area contributed by atoms with Gasteiger partial charge in [-0.1, -0.05) is 6.07 Å². The number of hydrogen-bond donors (Lipinski definition) is 0. The Morgan fingerprint density at radius 3 is 2.64 bits per heavy atom. The first-order valence-electron chi connectivity index (χ1n) is 9.09. The van der Waals surface area contributed by atoms with Crippen molar-refractivity contribution in [2.45, 2.75) is 6.92 Å². The molecule has 0 unspecified atom stereocenters. The Morgan fingerprint density at radius 1 is 1.11 bits per heavy atom. The molecule has 3 aromatic rings. The van der Waals surface area contributed by atoms with Crippen LogP contribution in [-0.2, 0) is 0 Å². The van der Waals surface area contributed by atoms with E-state index in [1.165, 1.54) is 0 Å². The number of anilines is 1. The normalized spacial score (nSPS) is 14.2. The van der Waals surface area contributed by atoms with Gasteiger partial charge in [-0.2, -0.15) is 0 Å². The summed E-state index contributed by atoms with van der Waals surface area (Å²) in [5.74, 6) is 2.44. The summed E-state index contributed by atoms with van der Waals surface area (Å²) in [4.78, 5) is 21.3. The number of aromatic nitrogens is 3. The lowest BCUT2D eigenvalue weighted by Gasteiger charge is -2.36. The summed E-state index contributed by atoms with van der Waals surface area (Å²) in [5, 5.41) is 8.02. The summed E-state index contributed by atoms with van der Waals surface area (Å²) in [7, 11) is 1.59. The first-order chi connectivity index (χ1) is 13.7. The fourth-order valence-electron chi connectivity index (χ4n) is 3.28. The molecule has 8 heteroatoms. The highest BCUT2D eigenvalue weighted by Crippen LogP contribution is 2.28. The molecule has 2 aromatic heterocycles. The Kier molecular flexibility index (Phi) is 4.92. The van der Waals surface area contributed by atoms with Crippen molar-refractivity contribution in [2.24, 2.45) is 0 Å². The van der Waals surface area contributed by atoms with Crippen molar-refractivity contribution in [3.05, 3.63) is 54.0 Å². The maximum absolute atomic E-state index is 12.8. The standard InChI is InChI=1S/C20H21N5O3/c1-14-22-23-19(28-14)17-7-4-8-21-18(17)24-9-11-25(12-10-24)20(26)15-5-3-6-16(13-15)27-2/h3-8,13H,9-12H2,1-2H3. The zero-order chi connectivity index (χ0) is 19.5. The van der Waals surface area contributed by atoms with E-state index >= 15 is 0 Å². The van der Waals surface area contributed by atoms with Gasteiger partial charge in [0, 0.05) is 44.9 Å². The molecule has 4 rings (SSSR count). The van der Waals surface area contributed by atoms with Gasteiger partial charge in [0.15, 0.2) is 0 Å². The summed E-state index contributed by atoms with van der Waals surface area (Å²) in [6, 6.07) is 11.0. The molecule has 8 nitrogen and oxygen atoms in total. The smallest absolute Gasteiger partial charge is 0.254 e. The fraction of sp³-hybridized carbons (Fsp3) is 0.300.